The van der Waals surface area contributed by atoms with Crippen molar-refractivity contribution < 1.29 is 14.0 Å². The van der Waals surface area contributed by atoms with E-state index in [0.29, 0.717) is 18.9 Å². The maximum Gasteiger partial charge on any atom is 0.234 e. The Labute approximate surface area is 314 Å². The fraction of sp³-hybridized carbons (Fsp3) is 0.405. The summed E-state index contributed by atoms with van der Waals surface area (Å²) in [5.74, 6) is 1.01. The Balaban J connectivity index is 0.811. The number of hydrogen-bond acceptors (Lipinski definition) is 9. The predicted octanol–water partition coefficient (Wildman–Crippen LogP) is 5.58. The second-order valence-corrected chi connectivity index (χ2v) is 15.2. The van der Waals surface area contributed by atoms with Crippen molar-refractivity contribution in [1.82, 2.24) is 34.7 Å². The number of fused-ring (bicyclic) bond motifs is 1. The number of rotatable bonds is 8. The Kier molecular flexibility index (Phi) is 9.54. The first-order chi connectivity index (χ1) is 26.4. The summed E-state index contributed by atoms with van der Waals surface area (Å²) < 4.78 is 16.0. The second-order valence-electron chi connectivity index (χ2n) is 15.2. The van der Waals surface area contributed by atoms with Crippen LogP contribution < -0.4 is 15.1 Å². The largest absolute Gasteiger partial charge is 0.354 e. The first-order valence-corrected chi connectivity index (χ1v) is 19.4. The standard InChI is InChI=1S/C42H46FN9O2/c43-32-8-2-7-31(26-32)36-10-4-18-51(36)40-14-13-38-44-27-37(52(38)47-40)35-9-3-11-39(45-35)50-23-21-49(22-24-50)33-16-19-48(20-17-33)28-29-5-1-6-30(25-29)34-12-15-41(53)46-42(34)54/h1-3,5-9,11,13-14,25-27,33-34,36H,4,10,12,15-24,28H2,(H,46,53,54)/t34?,36-/m1/s1. The lowest BCUT2D eigenvalue weighted by Crippen LogP contribution is -2.53. The molecule has 3 aromatic heterocycles. The van der Waals surface area contributed by atoms with Crippen LogP contribution >= 0.6 is 0 Å². The molecule has 4 aliphatic heterocycles. The maximum atomic E-state index is 14.1. The van der Waals surface area contributed by atoms with Crippen molar-refractivity contribution in [3.8, 4) is 11.4 Å². The molecule has 0 spiro atoms. The van der Waals surface area contributed by atoms with Gasteiger partial charge in [0.05, 0.1) is 23.9 Å². The quantitative estimate of drug-likeness (QED) is 0.206. The lowest BCUT2D eigenvalue weighted by atomic mass is 9.89. The van der Waals surface area contributed by atoms with Crippen molar-refractivity contribution in [3.05, 3.63) is 108 Å². The summed E-state index contributed by atoms with van der Waals surface area (Å²) in [6, 6.07) is 26.1. The molecule has 278 valence electrons. The van der Waals surface area contributed by atoms with Crippen LogP contribution in [0.15, 0.2) is 85.1 Å². The third-order valence-electron chi connectivity index (χ3n) is 11.8. The molecule has 0 saturated carbocycles. The molecule has 0 bridgehead atoms. The van der Waals surface area contributed by atoms with Gasteiger partial charge in [0.25, 0.3) is 0 Å². The molecule has 1 unspecified atom stereocenters. The van der Waals surface area contributed by atoms with Gasteiger partial charge in [-0.1, -0.05) is 42.5 Å². The number of nitrogens with zero attached hydrogens (tertiary/aromatic N) is 8. The summed E-state index contributed by atoms with van der Waals surface area (Å²) in [5, 5.41) is 7.54. The van der Waals surface area contributed by atoms with Crippen molar-refractivity contribution in [3.63, 3.8) is 0 Å². The van der Waals surface area contributed by atoms with Gasteiger partial charge in [0, 0.05) is 51.7 Å². The number of pyridine rings is 1. The Hall–Kier alpha value is -5.20. The Morgan fingerprint density at radius 3 is 2.43 bits per heavy atom. The van der Waals surface area contributed by atoms with Gasteiger partial charge in [-0.2, -0.15) is 0 Å². The van der Waals surface area contributed by atoms with Crippen molar-refractivity contribution in [1.29, 1.82) is 0 Å². The molecule has 2 atom stereocenters. The van der Waals surface area contributed by atoms with Crippen molar-refractivity contribution in [2.75, 3.05) is 55.6 Å². The summed E-state index contributed by atoms with van der Waals surface area (Å²) >= 11 is 0. The molecule has 2 amide bonds. The number of imidazole rings is 1. The smallest absolute Gasteiger partial charge is 0.234 e. The van der Waals surface area contributed by atoms with E-state index in [2.05, 4.69) is 54.2 Å². The first kappa shape index (κ1) is 34.6. The van der Waals surface area contributed by atoms with Crippen LogP contribution in [0, 0.1) is 5.82 Å². The molecular formula is C42H46FN9O2. The van der Waals surface area contributed by atoms with Gasteiger partial charge in [0.1, 0.15) is 23.1 Å². The molecule has 12 heteroatoms. The van der Waals surface area contributed by atoms with Crippen LogP contribution in [-0.2, 0) is 16.1 Å². The Bertz CT molecular complexity index is 2160. The fourth-order valence-electron chi connectivity index (χ4n) is 8.97. The number of piperazine rings is 1. The number of benzene rings is 2. The molecule has 4 fully saturated rings. The minimum Gasteiger partial charge on any atom is -0.354 e. The van der Waals surface area contributed by atoms with E-state index < -0.39 is 0 Å². The molecule has 7 heterocycles. The number of aromatic nitrogens is 4. The number of nitrogens with one attached hydrogen (secondary N) is 1. The molecule has 5 aromatic rings. The topological polar surface area (TPSA) is 102 Å². The van der Waals surface area contributed by atoms with E-state index in [1.54, 1.807) is 12.1 Å². The zero-order valence-electron chi connectivity index (χ0n) is 30.5. The molecule has 1 N–H and O–H groups in total. The van der Waals surface area contributed by atoms with Crippen LogP contribution in [0.3, 0.4) is 0 Å². The third kappa shape index (κ3) is 7.07. The van der Waals surface area contributed by atoms with Crippen LogP contribution in [0.1, 0.15) is 67.2 Å². The molecular weight excluding hydrogens is 682 g/mol. The van der Waals surface area contributed by atoms with Gasteiger partial charge in [-0.05, 0) is 98.3 Å². The third-order valence-corrected chi connectivity index (χ3v) is 11.8. The summed E-state index contributed by atoms with van der Waals surface area (Å²) in [5.41, 5.74) is 5.66. The minimum atomic E-state index is -0.246. The summed E-state index contributed by atoms with van der Waals surface area (Å²) in [7, 11) is 0. The van der Waals surface area contributed by atoms with Gasteiger partial charge < -0.3 is 9.80 Å². The van der Waals surface area contributed by atoms with E-state index in [-0.39, 0.29) is 29.6 Å². The molecule has 4 saturated heterocycles. The number of carbonyl (C=O) groups is 2. The number of amides is 2. The predicted molar refractivity (Wildman–Crippen MR) is 206 cm³/mol. The van der Waals surface area contributed by atoms with E-state index in [4.69, 9.17) is 10.1 Å². The second kappa shape index (κ2) is 14.9. The van der Waals surface area contributed by atoms with Crippen LogP contribution in [-0.4, -0.2) is 93.1 Å². The van der Waals surface area contributed by atoms with Crippen molar-refractivity contribution >= 4 is 29.1 Å². The highest BCUT2D eigenvalue weighted by Crippen LogP contribution is 2.36. The molecule has 0 radical (unpaired) electrons. The van der Waals surface area contributed by atoms with Crippen LogP contribution in [0.5, 0.6) is 0 Å². The zero-order valence-corrected chi connectivity index (χ0v) is 30.5. The molecule has 4 aliphatic rings. The first-order valence-electron chi connectivity index (χ1n) is 19.4. The van der Waals surface area contributed by atoms with Crippen LogP contribution in [0.25, 0.3) is 17.0 Å². The monoisotopic (exact) mass is 727 g/mol. The number of hydrogen-bond donors (Lipinski definition) is 1. The van der Waals surface area contributed by atoms with E-state index in [9.17, 15) is 14.0 Å². The van der Waals surface area contributed by atoms with Gasteiger partial charge in [-0.3, -0.25) is 24.7 Å². The number of anilines is 2. The van der Waals surface area contributed by atoms with Crippen molar-refractivity contribution in [2.24, 2.45) is 0 Å². The number of carbonyl (C=O) groups excluding carboxylic acids is 2. The normalized spacial score (nSPS) is 21.9. The minimum absolute atomic E-state index is 0.0848. The Morgan fingerprint density at radius 2 is 1.59 bits per heavy atom. The average Bonchev–Trinajstić information content (AvgIpc) is 3.87. The average molecular weight is 728 g/mol. The maximum absolute atomic E-state index is 14.1. The summed E-state index contributed by atoms with van der Waals surface area (Å²) in [6.45, 7) is 7.71. The van der Waals surface area contributed by atoms with Gasteiger partial charge in [0.15, 0.2) is 5.65 Å². The van der Waals surface area contributed by atoms with Gasteiger partial charge in [-0.15, -0.1) is 5.10 Å². The highest BCUT2D eigenvalue weighted by Gasteiger charge is 2.31. The molecule has 0 aliphatic carbocycles. The van der Waals surface area contributed by atoms with E-state index in [1.807, 2.05) is 47.1 Å². The van der Waals surface area contributed by atoms with Crippen LogP contribution in [0.4, 0.5) is 16.0 Å². The molecule has 9 rings (SSSR count). The van der Waals surface area contributed by atoms with E-state index >= 15 is 0 Å². The zero-order chi connectivity index (χ0) is 36.6. The fourth-order valence-corrected chi connectivity index (χ4v) is 8.97. The number of piperidine rings is 2. The van der Waals surface area contributed by atoms with E-state index in [1.165, 1.54) is 11.6 Å². The van der Waals surface area contributed by atoms with Crippen molar-refractivity contribution in [2.45, 2.75) is 63.1 Å². The van der Waals surface area contributed by atoms with Gasteiger partial charge in [0.2, 0.25) is 11.8 Å². The highest BCUT2D eigenvalue weighted by molar-refractivity contribution is 6.00. The molecule has 2 aromatic carbocycles. The van der Waals surface area contributed by atoms with Gasteiger partial charge in [-0.25, -0.2) is 18.9 Å². The lowest BCUT2D eigenvalue weighted by molar-refractivity contribution is -0.134. The summed E-state index contributed by atoms with van der Waals surface area (Å²) in [4.78, 5) is 43.7. The number of halogens is 1. The summed E-state index contributed by atoms with van der Waals surface area (Å²) in [6.07, 6.45) is 7.10. The van der Waals surface area contributed by atoms with E-state index in [0.717, 1.165) is 118 Å². The number of imide groups is 1. The molecule has 11 nitrogen and oxygen atoms in total. The highest BCUT2D eigenvalue weighted by atomic mass is 19.1. The number of likely N-dealkylation sites (tertiary alicyclic amines) is 1. The molecule has 54 heavy (non-hydrogen) atoms. The van der Waals surface area contributed by atoms with Gasteiger partial charge >= 0.3 is 0 Å². The Morgan fingerprint density at radius 1 is 0.778 bits per heavy atom. The van der Waals surface area contributed by atoms with Crippen LogP contribution in [0.2, 0.25) is 0 Å². The SMILES string of the molecule is O=C1CCC(c2cccc(CN3CCC(N4CCN(c5cccc(-c6cnc7ccc(N8CCC[C@@H]8c8cccc(F)c8)nn67)n5)CC4)CC3)c2)C(=O)N1. The lowest BCUT2D eigenvalue weighted by Gasteiger charge is -2.43.